The van der Waals surface area contributed by atoms with Crippen LogP contribution in [0, 0.1) is 0 Å². The number of aliphatic hydroxyl groups excluding tert-OH is 1. The van der Waals surface area contributed by atoms with E-state index in [4.69, 9.17) is 7.92 Å². The molecule has 1 aliphatic rings. The molecule has 1 saturated heterocycles. The Morgan fingerprint density at radius 1 is 1.39 bits per heavy atom. The molecule has 1 fully saturated rings. The first-order chi connectivity index (χ1) is 8.55. The van der Waals surface area contributed by atoms with Crippen LogP contribution in [0.4, 0.5) is 8.78 Å². The van der Waals surface area contributed by atoms with Gasteiger partial charge in [-0.3, -0.25) is 0 Å². The quantitative estimate of drug-likeness (QED) is 0.510. The van der Waals surface area contributed by atoms with E-state index in [9.17, 15) is 13.6 Å². The van der Waals surface area contributed by atoms with Crippen LogP contribution >= 0.6 is 0 Å². The topological polar surface area (TPSA) is 55.8 Å². The van der Waals surface area contributed by atoms with Crippen molar-refractivity contribution in [3.8, 4) is 0 Å². The number of halogens is 2. The number of cyclic esters (lactones) is 1. The Balaban J connectivity index is 2.05. The summed E-state index contributed by atoms with van der Waals surface area (Å²) in [6.07, 6.45) is -2.95. The van der Waals surface area contributed by atoms with Crippen LogP contribution in [0.2, 0.25) is 0 Å². The van der Waals surface area contributed by atoms with Gasteiger partial charge in [-0.2, -0.15) is 0 Å². The van der Waals surface area contributed by atoms with Crippen molar-refractivity contribution in [2.45, 2.75) is 18.1 Å². The Morgan fingerprint density at radius 3 is 2.67 bits per heavy atom. The zero-order valence-corrected chi connectivity index (χ0v) is 12.6. The molecule has 1 aromatic carbocycles. The molecule has 0 amide bonds. The van der Waals surface area contributed by atoms with Crippen molar-refractivity contribution in [2.75, 3.05) is 6.61 Å². The molecule has 97 valence electrons. The van der Waals surface area contributed by atoms with Gasteiger partial charge in [-0.25, -0.2) is 0 Å². The summed E-state index contributed by atoms with van der Waals surface area (Å²) in [6, 6.07) is 8.99. The van der Waals surface area contributed by atoms with E-state index >= 15 is 0 Å². The van der Waals surface area contributed by atoms with Crippen molar-refractivity contribution in [3.05, 3.63) is 30.3 Å². The van der Waals surface area contributed by atoms with Crippen LogP contribution in [0.1, 0.15) is 0 Å². The van der Waals surface area contributed by atoms with Crippen LogP contribution in [-0.2, 0) is 12.3 Å². The average molecular weight is 453 g/mol. The maximum absolute atomic E-state index is 13.5. The van der Waals surface area contributed by atoms with Crippen LogP contribution < -0.4 is 3.27 Å². The van der Waals surface area contributed by atoms with Gasteiger partial charge in [-0.15, -0.1) is 0 Å². The zero-order chi connectivity index (χ0) is 13.2. The first-order valence-electron chi connectivity index (χ1n) is 5.17. The van der Waals surface area contributed by atoms with Crippen molar-refractivity contribution in [3.63, 3.8) is 0 Å². The molecule has 1 aromatic rings. The van der Waals surface area contributed by atoms with E-state index in [1.165, 1.54) is 0 Å². The van der Waals surface area contributed by atoms with Crippen molar-refractivity contribution in [1.29, 1.82) is 0 Å². The number of alkyl halides is 2. The molecular weight excluding hydrogens is 443 g/mol. The van der Waals surface area contributed by atoms with Gasteiger partial charge in [0.05, 0.1) is 0 Å². The van der Waals surface area contributed by atoms with Gasteiger partial charge in [0.25, 0.3) is 0 Å². The molecule has 0 aromatic heterocycles. The molecule has 7 heteroatoms. The average Bonchev–Trinajstić information content (AvgIpc) is 2.59. The third-order valence-electron chi connectivity index (χ3n) is 2.43. The van der Waals surface area contributed by atoms with Crippen LogP contribution in [-0.4, -0.2) is 59.5 Å². The summed E-state index contributed by atoms with van der Waals surface area (Å²) < 4.78 is 37.4. The van der Waals surface area contributed by atoms with Gasteiger partial charge in [0.15, 0.2) is 0 Å². The molecule has 0 spiro atoms. The SMILES string of the molecule is O=C1O[C@H](CO)[C@H]([O][Bi][c]2ccccc2)C1(F)F. The molecule has 0 saturated carbocycles. The van der Waals surface area contributed by atoms with Crippen molar-refractivity contribution >= 4 is 32.9 Å². The Labute approximate surface area is 114 Å². The summed E-state index contributed by atoms with van der Waals surface area (Å²) in [5, 5.41) is 8.91. The molecule has 18 heavy (non-hydrogen) atoms. The molecule has 1 heterocycles. The number of aliphatic hydroxyl groups is 1. The normalized spacial score (nSPS) is 26.1. The molecule has 1 N–H and O–H groups in total. The number of esters is 1. The molecule has 2 rings (SSSR count). The number of carbonyl (C=O) groups excluding carboxylic acids is 1. The second-order valence-corrected chi connectivity index (χ2v) is 7.24. The first kappa shape index (κ1) is 13.8. The third kappa shape index (κ3) is 2.68. The molecule has 1 aliphatic heterocycles. The molecule has 0 unspecified atom stereocenters. The van der Waals surface area contributed by atoms with E-state index in [0.717, 1.165) is 3.27 Å². The number of rotatable bonds is 4. The van der Waals surface area contributed by atoms with Gasteiger partial charge in [0.2, 0.25) is 0 Å². The molecule has 0 aliphatic carbocycles. The molecule has 2 atom stereocenters. The summed E-state index contributed by atoms with van der Waals surface area (Å²) in [7, 11) is 0. The second-order valence-electron chi connectivity index (χ2n) is 3.70. The fourth-order valence-corrected chi connectivity index (χ4v) is 4.60. The van der Waals surface area contributed by atoms with E-state index in [2.05, 4.69) is 4.74 Å². The summed E-state index contributed by atoms with van der Waals surface area (Å²) in [6.45, 7) is -0.665. The monoisotopic (exact) mass is 453 g/mol. The van der Waals surface area contributed by atoms with Crippen LogP contribution in [0.5, 0.6) is 0 Å². The van der Waals surface area contributed by atoms with Gasteiger partial charge < -0.3 is 0 Å². The van der Waals surface area contributed by atoms with Crippen LogP contribution in [0.15, 0.2) is 30.3 Å². The molecule has 4 nitrogen and oxygen atoms in total. The molecule has 1 radical (unpaired) electrons. The van der Waals surface area contributed by atoms with Crippen molar-refractivity contribution in [1.82, 2.24) is 0 Å². The van der Waals surface area contributed by atoms with Gasteiger partial charge in [-0.1, -0.05) is 0 Å². The summed E-state index contributed by atoms with van der Waals surface area (Å²) in [4.78, 5) is 10.9. The predicted octanol–water partition coefficient (Wildman–Crippen LogP) is -0.131. The summed E-state index contributed by atoms with van der Waals surface area (Å²) >= 11 is -1.79. The minimum absolute atomic E-state index is 0.665. The Morgan fingerprint density at radius 2 is 2.06 bits per heavy atom. The van der Waals surface area contributed by atoms with Gasteiger partial charge in [0.1, 0.15) is 0 Å². The number of carbonyl (C=O) groups is 1. The minimum atomic E-state index is -3.67. The van der Waals surface area contributed by atoms with Crippen molar-refractivity contribution < 1.29 is 26.2 Å². The van der Waals surface area contributed by atoms with E-state index in [1.807, 2.05) is 6.07 Å². The number of hydrogen-bond acceptors (Lipinski definition) is 4. The fraction of sp³-hybridized carbons (Fsp3) is 0.364. The first-order valence-corrected chi connectivity index (χ1v) is 8.33. The zero-order valence-electron chi connectivity index (χ0n) is 9.12. The summed E-state index contributed by atoms with van der Waals surface area (Å²) in [5.74, 6) is -5.30. The van der Waals surface area contributed by atoms with Gasteiger partial charge in [0, 0.05) is 0 Å². The molecule has 0 bridgehead atoms. The van der Waals surface area contributed by atoms with E-state index in [0.29, 0.717) is 0 Å². The predicted molar refractivity (Wildman–Crippen MR) is 58.6 cm³/mol. The Hall–Kier alpha value is -0.647. The van der Waals surface area contributed by atoms with Gasteiger partial charge >= 0.3 is 114 Å². The van der Waals surface area contributed by atoms with Crippen LogP contribution in [0.25, 0.3) is 0 Å². The summed E-state index contributed by atoms with van der Waals surface area (Å²) in [5.41, 5.74) is 0. The Kier molecular flexibility index (Phi) is 4.25. The Bertz CT molecular complexity index is 426. The second kappa shape index (κ2) is 5.55. The standard InChI is InChI=1S/C6H5.C5H5F2O4.Bi/c1-2-4-6-5-3-1;6-5(7)3(9)2(1-8)11-4(5)10;/h1-5H;2-3,8H,1H2;/q;-1;+1/t;2-,3+;/m.1./s1. The maximum atomic E-state index is 13.5. The van der Waals surface area contributed by atoms with Gasteiger partial charge in [-0.05, 0) is 0 Å². The van der Waals surface area contributed by atoms with E-state index < -0.39 is 54.4 Å². The van der Waals surface area contributed by atoms with Crippen molar-refractivity contribution in [2.24, 2.45) is 0 Å². The van der Waals surface area contributed by atoms with Crippen LogP contribution in [0.3, 0.4) is 0 Å². The molecular formula is C11H10BiF2O4. The van der Waals surface area contributed by atoms with E-state index in [1.54, 1.807) is 24.3 Å². The number of hydrogen-bond donors (Lipinski definition) is 1. The third-order valence-corrected chi connectivity index (χ3v) is 5.70. The fourth-order valence-electron chi connectivity index (χ4n) is 1.50. The van der Waals surface area contributed by atoms with E-state index in [-0.39, 0.29) is 0 Å². The number of benzene rings is 1. The number of ether oxygens (including phenoxy) is 1.